The Balaban J connectivity index is 1.99. The van der Waals surface area contributed by atoms with Gasteiger partial charge in [0.05, 0.1) is 16.8 Å². The molecule has 0 unspecified atom stereocenters. The molecule has 1 atom stereocenters. The second-order valence-electron chi connectivity index (χ2n) is 6.77. The molecule has 2 aromatic heterocycles. The molecule has 3 aromatic rings. The van der Waals surface area contributed by atoms with Crippen molar-refractivity contribution in [2.24, 2.45) is 11.7 Å². The number of primary amides is 1. The number of carbonyl (C=O) groups excluding carboxylic acids is 1. The van der Waals surface area contributed by atoms with Crippen molar-refractivity contribution in [3.8, 4) is 5.69 Å². The largest absolute Gasteiger partial charge is 0.369 e. The fraction of sp³-hybridized carbons (Fsp3) is 0.316. The van der Waals surface area contributed by atoms with Crippen molar-refractivity contribution in [2.45, 2.75) is 31.3 Å². The number of hydrogen-bond donors (Lipinski definition) is 1. The second kappa shape index (κ2) is 7.09. The first-order valence-corrected chi connectivity index (χ1v) is 10.5. The summed E-state index contributed by atoms with van der Waals surface area (Å²) in [5.74, 6) is -0.495. The van der Waals surface area contributed by atoms with E-state index in [0.29, 0.717) is 16.1 Å². The zero-order valence-corrected chi connectivity index (χ0v) is 16.3. The first-order valence-electron chi connectivity index (χ1n) is 8.69. The fourth-order valence-electron chi connectivity index (χ4n) is 3.45. The average Bonchev–Trinajstić information content (AvgIpc) is 2.98. The average molecular weight is 404 g/mol. The normalized spacial score (nSPS) is 16.4. The molecule has 1 aliphatic rings. The van der Waals surface area contributed by atoms with Gasteiger partial charge >= 0.3 is 0 Å². The smallest absolute Gasteiger partial charge is 0.267 e. The maximum atomic E-state index is 14.5. The third-order valence-corrected chi connectivity index (χ3v) is 6.84. The van der Waals surface area contributed by atoms with Crippen molar-refractivity contribution in [3.63, 3.8) is 0 Å². The van der Waals surface area contributed by atoms with Crippen LogP contribution in [0.2, 0.25) is 0 Å². The van der Waals surface area contributed by atoms with Crippen LogP contribution in [0.5, 0.6) is 0 Å². The summed E-state index contributed by atoms with van der Waals surface area (Å²) in [4.78, 5) is 31.1. The van der Waals surface area contributed by atoms with Crippen LogP contribution in [0, 0.1) is 11.7 Å². The monoisotopic (exact) mass is 403 g/mol. The minimum atomic E-state index is -0.520. The number of para-hydroxylation sites is 1. The van der Waals surface area contributed by atoms with E-state index in [1.807, 2.05) is 0 Å². The lowest BCUT2D eigenvalue weighted by Crippen LogP contribution is -2.24. The highest BCUT2D eigenvalue weighted by Gasteiger charge is 2.25. The Kier molecular flexibility index (Phi) is 4.77. The molecule has 0 saturated heterocycles. The van der Waals surface area contributed by atoms with Gasteiger partial charge in [-0.1, -0.05) is 30.8 Å². The van der Waals surface area contributed by atoms with Gasteiger partial charge in [0.2, 0.25) is 5.91 Å². The fourth-order valence-corrected chi connectivity index (χ4v) is 5.62. The maximum absolute atomic E-state index is 14.5. The lowest BCUT2D eigenvalue weighted by molar-refractivity contribution is -0.115. The minimum absolute atomic E-state index is 0.0332. The van der Waals surface area contributed by atoms with Crippen LogP contribution in [-0.4, -0.2) is 21.2 Å². The molecule has 0 radical (unpaired) electrons. The van der Waals surface area contributed by atoms with E-state index in [4.69, 9.17) is 5.73 Å². The summed E-state index contributed by atoms with van der Waals surface area (Å²) in [6, 6.07) is 6.08. The van der Waals surface area contributed by atoms with E-state index in [1.54, 1.807) is 18.2 Å². The predicted octanol–water partition coefficient (Wildman–Crippen LogP) is 3.29. The molecule has 140 valence electrons. The lowest BCUT2D eigenvalue weighted by atomic mass is 9.89. The van der Waals surface area contributed by atoms with E-state index in [2.05, 4.69) is 11.9 Å². The van der Waals surface area contributed by atoms with E-state index < -0.39 is 11.7 Å². The number of amides is 1. The van der Waals surface area contributed by atoms with Crippen LogP contribution in [0.15, 0.2) is 34.2 Å². The highest BCUT2D eigenvalue weighted by atomic mass is 32.2. The van der Waals surface area contributed by atoms with E-state index in [1.165, 1.54) is 26.8 Å². The number of aromatic nitrogens is 2. The molecule has 0 bridgehead atoms. The molecule has 1 amide bonds. The van der Waals surface area contributed by atoms with E-state index in [0.717, 1.165) is 36.6 Å². The summed E-state index contributed by atoms with van der Waals surface area (Å²) in [5.41, 5.74) is 6.15. The van der Waals surface area contributed by atoms with Gasteiger partial charge < -0.3 is 5.73 Å². The number of hydrogen-bond acceptors (Lipinski definition) is 5. The van der Waals surface area contributed by atoms with E-state index in [9.17, 15) is 14.0 Å². The summed E-state index contributed by atoms with van der Waals surface area (Å²) >= 11 is 2.58. The molecule has 5 nitrogen and oxygen atoms in total. The Bertz CT molecular complexity index is 1110. The molecule has 0 aliphatic heterocycles. The van der Waals surface area contributed by atoms with Crippen LogP contribution in [0.3, 0.4) is 0 Å². The summed E-state index contributed by atoms with van der Waals surface area (Å²) in [6.07, 6.45) is 2.79. The third kappa shape index (κ3) is 3.27. The molecule has 8 heteroatoms. The van der Waals surface area contributed by atoms with Crippen molar-refractivity contribution in [3.05, 3.63) is 50.9 Å². The Morgan fingerprint density at radius 1 is 1.44 bits per heavy atom. The number of nitrogens with two attached hydrogens (primary N) is 1. The third-order valence-electron chi connectivity index (χ3n) is 4.74. The molecule has 1 aliphatic carbocycles. The summed E-state index contributed by atoms with van der Waals surface area (Å²) in [7, 11) is 0. The number of thioether (sulfide) groups is 1. The number of fused-ring (bicyclic) bond motifs is 3. The predicted molar refractivity (Wildman–Crippen MR) is 106 cm³/mol. The number of aryl methyl sites for hydroxylation is 1. The van der Waals surface area contributed by atoms with Crippen molar-refractivity contribution in [2.75, 3.05) is 5.75 Å². The van der Waals surface area contributed by atoms with Crippen LogP contribution in [-0.2, 0) is 17.6 Å². The van der Waals surface area contributed by atoms with Crippen LogP contribution in [0.1, 0.15) is 23.8 Å². The number of nitrogens with zero attached hydrogens (tertiary/aromatic N) is 2. The van der Waals surface area contributed by atoms with Gasteiger partial charge in [0.25, 0.3) is 5.56 Å². The second-order valence-corrected chi connectivity index (χ2v) is 8.80. The molecule has 2 heterocycles. The van der Waals surface area contributed by atoms with Crippen molar-refractivity contribution in [1.29, 1.82) is 0 Å². The van der Waals surface area contributed by atoms with Gasteiger partial charge in [-0.05, 0) is 42.9 Å². The SMILES string of the molecule is C[C@@H]1CCc2c(sc3nc(SCC(N)=O)n(-c4ccccc4F)c(=O)c23)C1. The van der Waals surface area contributed by atoms with Crippen molar-refractivity contribution < 1.29 is 9.18 Å². The molecule has 0 spiro atoms. The molecule has 0 fully saturated rings. The summed E-state index contributed by atoms with van der Waals surface area (Å²) < 4.78 is 15.7. The van der Waals surface area contributed by atoms with E-state index >= 15 is 0 Å². The standard InChI is InChI=1S/C19H18FN3O2S2/c1-10-6-7-11-14(8-10)27-17-16(11)18(25)23(13-5-3-2-4-12(13)20)19(22-17)26-9-15(21)24/h2-5,10H,6-9H2,1H3,(H2,21,24)/t10-/m1/s1. The molecule has 2 N–H and O–H groups in total. The number of halogens is 1. The van der Waals surface area contributed by atoms with Gasteiger partial charge in [-0.2, -0.15) is 0 Å². The number of carbonyl (C=O) groups is 1. The number of thiophene rings is 1. The molecule has 4 rings (SSSR count). The highest BCUT2D eigenvalue weighted by Crippen LogP contribution is 2.37. The molecular formula is C19H18FN3O2S2. The van der Waals surface area contributed by atoms with Crippen LogP contribution < -0.4 is 11.3 Å². The topological polar surface area (TPSA) is 78.0 Å². The molecular weight excluding hydrogens is 385 g/mol. The quantitative estimate of drug-likeness (QED) is 0.536. The van der Waals surface area contributed by atoms with Gasteiger partial charge in [0.1, 0.15) is 10.6 Å². The first kappa shape index (κ1) is 18.2. The number of benzene rings is 1. The summed E-state index contributed by atoms with van der Waals surface area (Å²) in [5, 5.41) is 0.858. The molecule has 0 saturated carbocycles. The zero-order valence-electron chi connectivity index (χ0n) is 14.7. The van der Waals surface area contributed by atoms with E-state index in [-0.39, 0.29) is 22.2 Å². The Labute approximate surface area is 163 Å². The Morgan fingerprint density at radius 3 is 2.96 bits per heavy atom. The van der Waals surface area contributed by atoms with Gasteiger partial charge in [-0.15, -0.1) is 11.3 Å². The number of rotatable bonds is 4. The first-order chi connectivity index (χ1) is 13.0. The van der Waals surface area contributed by atoms with Crippen LogP contribution in [0.4, 0.5) is 4.39 Å². The van der Waals surface area contributed by atoms with Gasteiger partial charge in [-0.3, -0.25) is 14.2 Å². The molecule has 1 aromatic carbocycles. The Morgan fingerprint density at radius 2 is 2.22 bits per heavy atom. The summed E-state index contributed by atoms with van der Waals surface area (Å²) in [6.45, 7) is 2.20. The van der Waals surface area contributed by atoms with Crippen LogP contribution in [0.25, 0.3) is 15.9 Å². The molecule has 27 heavy (non-hydrogen) atoms. The van der Waals surface area contributed by atoms with Crippen molar-refractivity contribution in [1.82, 2.24) is 9.55 Å². The van der Waals surface area contributed by atoms with Gasteiger partial charge in [-0.25, -0.2) is 9.37 Å². The van der Waals surface area contributed by atoms with Crippen molar-refractivity contribution >= 4 is 39.2 Å². The van der Waals surface area contributed by atoms with Gasteiger partial charge in [0.15, 0.2) is 5.16 Å². The zero-order chi connectivity index (χ0) is 19.1. The van der Waals surface area contributed by atoms with Crippen LogP contribution >= 0.6 is 23.1 Å². The lowest BCUT2D eigenvalue weighted by Gasteiger charge is -2.18. The minimum Gasteiger partial charge on any atom is -0.369 e. The Hall–Kier alpha value is -2.19. The highest BCUT2D eigenvalue weighted by molar-refractivity contribution is 7.99. The maximum Gasteiger partial charge on any atom is 0.267 e. The van der Waals surface area contributed by atoms with Gasteiger partial charge in [0, 0.05) is 4.88 Å².